The third kappa shape index (κ3) is 9.81. The number of likely N-dealkylation sites (tertiary alicyclic amines) is 1. The molecule has 0 saturated carbocycles. The second-order valence-corrected chi connectivity index (χ2v) is 13.0. The molecule has 3 N–H and O–H groups in total. The van der Waals surface area contributed by atoms with Gasteiger partial charge in [0, 0.05) is 51.6 Å². The number of para-hydroxylation sites is 1. The number of piperidine rings is 1. The van der Waals surface area contributed by atoms with E-state index in [0.717, 1.165) is 67.6 Å². The van der Waals surface area contributed by atoms with E-state index in [4.69, 9.17) is 24.9 Å². The second-order valence-electron chi connectivity index (χ2n) is 13.0. The molecule has 0 unspecified atom stereocenters. The number of nitrogens with two attached hydrogens (primary N) is 1. The highest BCUT2D eigenvalue weighted by Gasteiger charge is 2.20. The lowest BCUT2D eigenvalue weighted by molar-refractivity contribution is -0.149. The number of methoxy groups -OCH3 is 1. The highest BCUT2D eigenvalue weighted by atomic mass is 19.1. The summed E-state index contributed by atoms with van der Waals surface area (Å²) in [4.78, 5) is 39.1. The number of urea groups is 1. The van der Waals surface area contributed by atoms with Gasteiger partial charge in [0.15, 0.2) is 24.0 Å². The number of carbonyl (C=O) groups is 2. The van der Waals surface area contributed by atoms with Gasteiger partial charge in [-0.15, -0.1) is 0 Å². The fourth-order valence-corrected chi connectivity index (χ4v) is 6.34. The molecule has 0 bridgehead atoms. The average Bonchev–Trinajstić information content (AvgIpc) is 3.48. The molecule has 0 spiro atoms. The van der Waals surface area contributed by atoms with Gasteiger partial charge in [0.25, 0.3) is 0 Å². The Bertz CT molecular complexity index is 1740. The van der Waals surface area contributed by atoms with Crippen LogP contribution in [0.5, 0.6) is 5.75 Å². The first-order chi connectivity index (χ1) is 24.2. The first kappa shape index (κ1) is 36.8. The van der Waals surface area contributed by atoms with Crippen LogP contribution in [0.2, 0.25) is 0 Å². The molecule has 3 heterocycles. The van der Waals surface area contributed by atoms with Gasteiger partial charge in [-0.2, -0.15) is 0 Å². The van der Waals surface area contributed by atoms with Crippen LogP contribution in [0.4, 0.5) is 15.0 Å². The van der Waals surface area contributed by atoms with Gasteiger partial charge in [0.05, 0.1) is 23.7 Å². The van der Waals surface area contributed by atoms with E-state index in [9.17, 15) is 14.0 Å². The predicted octanol–water partition coefficient (Wildman–Crippen LogP) is 5.30. The van der Waals surface area contributed by atoms with Crippen molar-refractivity contribution in [3.63, 3.8) is 0 Å². The van der Waals surface area contributed by atoms with Crippen molar-refractivity contribution >= 4 is 39.8 Å². The summed E-state index contributed by atoms with van der Waals surface area (Å²) in [5, 5.41) is 4.10. The average molecular weight is 692 g/mol. The molecule has 1 saturated heterocycles. The van der Waals surface area contributed by atoms with E-state index < -0.39 is 18.4 Å². The Hall–Kier alpha value is -4.49. The van der Waals surface area contributed by atoms with Crippen LogP contribution in [0, 0.1) is 5.82 Å². The summed E-state index contributed by atoms with van der Waals surface area (Å²) in [6, 6.07) is 12.2. The molecule has 0 aliphatic carbocycles. The minimum absolute atomic E-state index is 0.0539. The summed E-state index contributed by atoms with van der Waals surface area (Å²) >= 11 is 0. The topological polar surface area (TPSA) is 137 Å². The Kier molecular flexibility index (Phi) is 13.2. The molecule has 1 aliphatic rings. The molecular formula is C37H50FN7O5. The number of rotatable bonds is 17. The zero-order chi connectivity index (χ0) is 35.5. The Morgan fingerprint density at radius 1 is 1.06 bits per heavy atom. The summed E-state index contributed by atoms with van der Waals surface area (Å²) in [6.07, 6.45) is 5.43. The van der Waals surface area contributed by atoms with E-state index in [1.165, 1.54) is 12.5 Å². The standard InChI is InChI=1S/C37H50FN7O5/c1-26(2)50-33(46)25-49-31-23-27(13-14-29(31)38)24-44(21-20-43-17-8-4-9-18-43)37(47)40-16-7-10-19-45-32(15-22-48-3)42-34-35(45)28-11-5-6-12-30(28)41-36(34)39/h5-6,11-14,23,26H,4,7-10,15-22,24-25H2,1-3H3,(H2,39,41)(H,40,47). The molecule has 50 heavy (non-hydrogen) atoms. The summed E-state index contributed by atoms with van der Waals surface area (Å²) in [5.74, 6) is 0.0788. The number of aromatic nitrogens is 3. The monoisotopic (exact) mass is 691 g/mol. The van der Waals surface area contributed by atoms with Crippen molar-refractivity contribution in [1.82, 2.24) is 29.7 Å². The van der Waals surface area contributed by atoms with Crippen LogP contribution in [-0.2, 0) is 33.8 Å². The molecule has 4 aromatic rings. The number of amides is 2. The Morgan fingerprint density at radius 3 is 2.64 bits per heavy atom. The summed E-state index contributed by atoms with van der Waals surface area (Å²) < 4.78 is 32.7. The number of nitrogens with zero attached hydrogens (tertiary/aromatic N) is 5. The highest BCUT2D eigenvalue weighted by molar-refractivity contribution is 6.06. The SMILES string of the molecule is COCCc1nc2c(N)nc3ccccc3c2n1CCCCNC(=O)N(CCN1CCCCC1)Cc1ccc(F)c(OCC(=O)OC(C)C)c1. The van der Waals surface area contributed by atoms with Crippen molar-refractivity contribution in [2.45, 2.75) is 71.6 Å². The molecule has 5 rings (SSSR count). The van der Waals surface area contributed by atoms with Gasteiger partial charge in [-0.3, -0.25) is 0 Å². The van der Waals surface area contributed by atoms with E-state index in [-0.39, 0.29) is 24.4 Å². The lowest BCUT2D eigenvalue weighted by atomic mass is 10.1. The number of carbonyl (C=O) groups excluding carboxylic acids is 2. The molecular weight excluding hydrogens is 641 g/mol. The quantitative estimate of drug-likeness (QED) is 0.112. The number of halogens is 1. The second kappa shape index (κ2) is 18.0. The van der Waals surface area contributed by atoms with Gasteiger partial charge in [0.2, 0.25) is 0 Å². The third-order valence-electron chi connectivity index (χ3n) is 8.81. The molecule has 2 aromatic heterocycles. The largest absolute Gasteiger partial charge is 0.479 e. The first-order valence-electron chi connectivity index (χ1n) is 17.6. The van der Waals surface area contributed by atoms with E-state index >= 15 is 0 Å². The number of pyridine rings is 1. The lowest BCUT2D eigenvalue weighted by Crippen LogP contribution is -2.44. The van der Waals surface area contributed by atoms with E-state index in [2.05, 4.69) is 19.8 Å². The van der Waals surface area contributed by atoms with E-state index in [1.807, 2.05) is 24.3 Å². The zero-order valence-electron chi connectivity index (χ0n) is 29.5. The number of benzene rings is 2. The summed E-state index contributed by atoms with van der Waals surface area (Å²) in [5.41, 5.74) is 9.52. The number of nitrogens with one attached hydrogen (secondary N) is 1. The minimum Gasteiger partial charge on any atom is -0.479 e. The van der Waals surface area contributed by atoms with Gasteiger partial charge in [0.1, 0.15) is 11.3 Å². The van der Waals surface area contributed by atoms with Crippen LogP contribution >= 0.6 is 0 Å². The number of hydrogen-bond acceptors (Lipinski definition) is 9. The van der Waals surface area contributed by atoms with Crippen molar-refractivity contribution < 1.29 is 28.2 Å². The Labute approximate surface area is 293 Å². The van der Waals surface area contributed by atoms with Crippen molar-refractivity contribution in [3.05, 3.63) is 59.7 Å². The zero-order valence-corrected chi connectivity index (χ0v) is 29.5. The smallest absolute Gasteiger partial charge is 0.344 e. The van der Waals surface area contributed by atoms with Gasteiger partial charge in [-0.05, 0) is 76.4 Å². The van der Waals surface area contributed by atoms with Gasteiger partial charge >= 0.3 is 12.0 Å². The highest BCUT2D eigenvalue weighted by Crippen LogP contribution is 2.29. The van der Waals surface area contributed by atoms with Gasteiger partial charge < -0.3 is 39.6 Å². The lowest BCUT2D eigenvalue weighted by Gasteiger charge is -2.30. The number of imidazole rings is 1. The fourth-order valence-electron chi connectivity index (χ4n) is 6.34. The fraction of sp³-hybridized carbons (Fsp3) is 0.514. The Morgan fingerprint density at radius 2 is 1.86 bits per heavy atom. The van der Waals surface area contributed by atoms with Crippen LogP contribution in [-0.4, -0.2) is 95.5 Å². The number of esters is 1. The maximum Gasteiger partial charge on any atom is 0.344 e. The molecule has 0 atom stereocenters. The number of fused-ring (bicyclic) bond motifs is 3. The van der Waals surface area contributed by atoms with E-state index in [1.54, 1.807) is 38.0 Å². The summed E-state index contributed by atoms with van der Waals surface area (Å²) in [6.45, 7) is 8.35. The first-order valence-corrected chi connectivity index (χ1v) is 17.6. The van der Waals surface area contributed by atoms with Crippen LogP contribution in [0.3, 0.4) is 0 Å². The van der Waals surface area contributed by atoms with Crippen molar-refractivity contribution in [2.75, 3.05) is 58.8 Å². The molecule has 1 fully saturated rings. The van der Waals surface area contributed by atoms with E-state index in [0.29, 0.717) is 49.6 Å². The number of nitrogen functional groups attached to an aromatic ring is 1. The van der Waals surface area contributed by atoms with Crippen LogP contribution in [0.15, 0.2) is 42.5 Å². The number of aryl methyl sites for hydroxylation is 1. The molecule has 2 aromatic carbocycles. The molecule has 0 radical (unpaired) electrons. The maximum atomic E-state index is 14.6. The van der Waals surface area contributed by atoms with Crippen LogP contribution < -0.4 is 15.8 Å². The van der Waals surface area contributed by atoms with Crippen molar-refractivity contribution in [1.29, 1.82) is 0 Å². The number of anilines is 1. The maximum absolute atomic E-state index is 14.6. The van der Waals surface area contributed by atoms with Crippen molar-refractivity contribution in [2.24, 2.45) is 0 Å². The summed E-state index contributed by atoms with van der Waals surface area (Å²) in [7, 11) is 1.67. The molecule has 2 amide bonds. The number of hydrogen-bond donors (Lipinski definition) is 2. The number of ether oxygens (including phenoxy) is 3. The minimum atomic E-state index is -0.585. The van der Waals surface area contributed by atoms with Gasteiger partial charge in [-0.25, -0.2) is 23.9 Å². The molecule has 270 valence electrons. The van der Waals surface area contributed by atoms with Gasteiger partial charge in [-0.1, -0.05) is 30.7 Å². The molecule has 12 nitrogen and oxygen atoms in total. The molecule has 1 aliphatic heterocycles. The number of unbranched alkanes of at least 4 members (excludes halogenated alkanes) is 1. The van der Waals surface area contributed by atoms with Crippen LogP contribution in [0.1, 0.15) is 57.3 Å². The Balaban J connectivity index is 1.23. The van der Waals surface area contributed by atoms with Crippen LogP contribution in [0.25, 0.3) is 21.9 Å². The predicted molar refractivity (Wildman–Crippen MR) is 191 cm³/mol. The normalized spacial score (nSPS) is 13.6. The third-order valence-corrected chi connectivity index (χ3v) is 8.81. The van der Waals surface area contributed by atoms with Crippen molar-refractivity contribution in [3.8, 4) is 5.75 Å². The molecule has 13 heteroatoms.